The Labute approximate surface area is 178 Å². The Morgan fingerprint density at radius 2 is 1.97 bits per heavy atom. The second-order valence-electron chi connectivity index (χ2n) is 6.59. The maximum atomic E-state index is 12.9. The largest absolute Gasteiger partial charge is 0.493 e. The van der Waals surface area contributed by atoms with Crippen LogP contribution in [-0.2, 0) is 10.0 Å². The number of aryl methyl sites for hydroxylation is 1. The van der Waals surface area contributed by atoms with Crippen LogP contribution in [-0.4, -0.2) is 68.4 Å². The monoisotopic (exact) mass is 453 g/mol. The van der Waals surface area contributed by atoms with Crippen LogP contribution >= 0.6 is 11.3 Å². The molecule has 0 radical (unpaired) electrons. The summed E-state index contributed by atoms with van der Waals surface area (Å²) in [6, 6.07) is 4.91. The van der Waals surface area contributed by atoms with Gasteiger partial charge in [0, 0.05) is 37.4 Å². The highest BCUT2D eigenvalue weighted by molar-refractivity contribution is 7.91. The lowest BCUT2D eigenvalue weighted by molar-refractivity contribution is 0.0697. The first-order valence-electron chi connectivity index (χ1n) is 9.18. The highest BCUT2D eigenvalue weighted by atomic mass is 32.2. The average Bonchev–Trinajstić information content (AvgIpc) is 3.10. The molecule has 0 atom stereocenters. The Morgan fingerprint density at radius 1 is 1.27 bits per heavy atom. The summed E-state index contributed by atoms with van der Waals surface area (Å²) in [4.78, 5) is 28.0. The zero-order chi connectivity index (χ0) is 21.9. The fourth-order valence-corrected chi connectivity index (χ4v) is 5.99. The summed E-state index contributed by atoms with van der Waals surface area (Å²) in [6.07, 6.45) is 1.61. The normalized spacial score (nSPS) is 15.1. The third-order valence-corrected chi connectivity index (χ3v) is 8.13. The van der Waals surface area contributed by atoms with Crippen molar-refractivity contribution in [3.8, 4) is 11.5 Å². The smallest absolute Gasteiger partial charge is 0.305 e. The Kier molecular flexibility index (Phi) is 6.64. The summed E-state index contributed by atoms with van der Waals surface area (Å²) in [5, 5.41) is 0. The van der Waals surface area contributed by atoms with Crippen LogP contribution < -0.4 is 14.3 Å². The van der Waals surface area contributed by atoms with Gasteiger partial charge in [-0.05, 0) is 25.1 Å². The van der Waals surface area contributed by atoms with Crippen LogP contribution in [0.5, 0.6) is 11.5 Å². The predicted octanol–water partition coefficient (Wildman–Crippen LogP) is 1.46. The van der Waals surface area contributed by atoms with Crippen LogP contribution in [0, 0.1) is 6.92 Å². The van der Waals surface area contributed by atoms with Crippen LogP contribution in [0.15, 0.2) is 39.9 Å². The number of methoxy groups -OCH3 is 1. The van der Waals surface area contributed by atoms with Gasteiger partial charge in [-0.25, -0.2) is 8.42 Å². The first kappa shape index (κ1) is 22.1. The third kappa shape index (κ3) is 4.42. The minimum Gasteiger partial charge on any atom is -0.493 e. The number of thiazole rings is 1. The highest BCUT2D eigenvalue weighted by Crippen LogP contribution is 2.29. The molecule has 30 heavy (non-hydrogen) atoms. The van der Waals surface area contributed by atoms with Crippen molar-refractivity contribution >= 4 is 27.3 Å². The summed E-state index contributed by atoms with van der Waals surface area (Å²) in [5.74, 6) is 0.718. The molecule has 1 aliphatic heterocycles. The van der Waals surface area contributed by atoms with E-state index < -0.39 is 14.9 Å². The summed E-state index contributed by atoms with van der Waals surface area (Å²) in [6.45, 7) is 6.25. The molecule has 0 bridgehead atoms. The zero-order valence-corrected chi connectivity index (χ0v) is 18.3. The van der Waals surface area contributed by atoms with Crippen LogP contribution in [0.1, 0.15) is 16.1 Å². The molecule has 0 spiro atoms. The number of H-pyrrole nitrogens is 1. The molecule has 1 aliphatic rings. The standard InChI is InChI=1S/C19H23N3O6S2/c1-4-11-28-15-6-5-14(12-16(15)27-3)17(23)21-7-9-22(10-8-21)30(25,26)18-13(2)20-19(24)29-18/h4-6,12H,1,7-11H2,2-3H3,(H,20,24). The van der Waals surface area contributed by atoms with Crippen LogP contribution in [0.4, 0.5) is 0 Å². The number of amides is 1. The van der Waals surface area contributed by atoms with E-state index >= 15 is 0 Å². The molecule has 1 aromatic heterocycles. The predicted molar refractivity (Wildman–Crippen MR) is 113 cm³/mol. The van der Waals surface area contributed by atoms with Gasteiger partial charge in [-0.1, -0.05) is 24.0 Å². The Balaban J connectivity index is 1.70. The molecular formula is C19H23N3O6S2. The first-order valence-corrected chi connectivity index (χ1v) is 11.4. The van der Waals surface area contributed by atoms with Crippen molar-refractivity contribution in [3.63, 3.8) is 0 Å². The number of carbonyl (C=O) groups is 1. The summed E-state index contributed by atoms with van der Waals surface area (Å²) in [7, 11) is -2.28. The van der Waals surface area contributed by atoms with E-state index in [2.05, 4.69) is 11.6 Å². The first-order chi connectivity index (χ1) is 14.3. The number of benzene rings is 1. The van der Waals surface area contributed by atoms with E-state index in [-0.39, 0.29) is 36.3 Å². The molecule has 1 amide bonds. The Morgan fingerprint density at radius 3 is 2.53 bits per heavy atom. The highest BCUT2D eigenvalue weighted by Gasteiger charge is 2.33. The van der Waals surface area contributed by atoms with E-state index in [1.165, 1.54) is 11.4 Å². The van der Waals surface area contributed by atoms with Crippen molar-refractivity contribution in [3.05, 3.63) is 51.8 Å². The van der Waals surface area contributed by atoms with E-state index in [4.69, 9.17) is 9.47 Å². The number of rotatable bonds is 7. The lowest BCUT2D eigenvalue weighted by Crippen LogP contribution is -2.50. The van der Waals surface area contributed by atoms with Gasteiger partial charge in [0.15, 0.2) is 15.7 Å². The molecule has 1 aromatic carbocycles. The van der Waals surface area contributed by atoms with Crippen molar-refractivity contribution in [1.29, 1.82) is 0 Å². The van der Waals surface area contributed by atoms with Gasteiger partial charge in [0.05, 0.1) is 7.11 Å². The molecule has 1 fully saturated rings. The van der Waals surface area contributed by atoms with Gasteiger partial charge in [0.2, 0.25) is 0 Å². The van der Waals surface area contributed by atoms with E-state index in [1.54, 1.807) is 36.1 Å². The van der Waals surface area contributed by atoms with Crippen molar-refractivity contribution in [2.24, 2.45) is 0 Å². The van der Waals surface area contributed by atoms with Crippen molar-refractivity contribution in [2.45, 2.75) is 11.1 Å². The van der Waals surface area contributed by atoms with Crippen molar-refractivity contribution < 1.29 is 22.7 Å². The van der Waals surface area contributed by atoms with Crippen molar-refractivity contribution in [2.75, 3.05) is 39.9 Å². The zero-order valence-electron chi connectivity index (χ0n) is 16.7. The number of carbonyl (C=O) groups excluding carboxylic acids is 1. The number of aromatic nitrogens is 1. The second kappa shape index (κ2) is 9.02. The number of piperazine rings is 1. The fourth-order valence-electron chi connectivity index (χ4n) is 3.14. The molecule has 11 heteroatoms. The topological polar surface area (TPSA) is 109 Å². The molecule has 3 rings (SSSR count). The van der Waals surface area contributed by atoms with Crippen molar-refractivity contribution in [1.82, 2.24) is 14.2 Å². The summed E-state index contributed by atoms with van der Waals surface area (Å²) >= 11 is 0.677. The van der Waals surface area contributed by atoms with Crippen LogP contribution in [0.3, 0.4) is 0 Å². The summed E-state index contributed by atoms with van der Waals surface area (Å²) in [5.41, 5.74) is 0.753. The van der Waals surface area contributed by atoms with Gasteiger partial charge < -0.3 is 19.4 Å². The molecule has 1 saturated heterocycles. The van der Waals surface area contributed by atoms with Gasteiger partial charge in [-0.2, -0.15) is 4.31 Å². The summed E-state index contributed by atoms with van der Waals surface area (Å²) < 4.78 is 37.7. The quantitative estimate of drug-likeness (QED) is 0.636. The number of hydrogen-bond donors (Lipinski definition) is 1. The van der Waals surface area contributed by atoms with Gasteiger partial charge in [0.1, 0.15) is 6.61 Å². The van der Waals surface area contributed by atoms with Crippen LogP contribution in [0.2, 0.25) is 0 Å². The minimum atomic E-state index is -3.77. The number of ether oxygens (including phenoxy) is 2. The van der Waals surface area contributed by atoms with E-state index in [0.717, 1.165) is 0 Å². The number of hydrogen-bond acceptors (Lipinski definition) is 7. The fraction of sp³-hybridized carbons (Fsp3) is 0.368. The molecule has 0 aliphatic carbocycles. The minimum absolute atomic E-state index is 0.0205. The maximum absolute atomic E-state index is 12.9. The Bertz CT molecular complexity index is 1100. The molecule has 0 saturated carbocycles. The van der Waals surface area contributed by atoms with Crippen LogP contribution in [0.25, 0.3) is 0 Å². The van der Waals surface area contributed by atoms with E-state index in [9.17, 15) is 18.0 Å². The molecule has 9 nitrogen and oxygen atoms in total. The molecule has 2 aromatic rings. The lowest BCUT2D eigenvalue weighted by Gasteiger charge is -2.33. The molecule has 1 N–H and O–H groups in total. The maximum Gasteiger partial charge on any atom is 0.305 e. The SMILES string of the molecule is C=CCOc1ccc(C(=O)N2CCN(S(=O)(=O)c3sc(=O)[nH]c3C)CC2)cc1OC. The third-order valence-electron chi connectivity index (χ3n) is 4.65. The molecule has 2 heterocycles. The molecular weight excluding hydrogens is 430 g/mol. The van der Waals surface area contributed by atoms with Gasteiger partial charge >= 0.3 is 4.87 Å². The molecule has 0 unspecified atom stereocenters. The average molecular weight is 454 g/mol. The number of aromatic amines is 1. The number of nitrogens with one attached hydrogen (secondary N) is 1. The van der Waals surface area contributed by atoms with E-state index in [0.29, 0.717) is 40.7 Å². The number of nitrogens with zero attached hydrogens (tertiary/aromatic N) is 2. The van der Waals surface area contributed by atoms with Gasteiger partial charge in [-0.3, -0.25) is 9.59 Å². The van der Waals surface area contributed by atoms with Gasteiger partial charge in [-0.15, -0.1) is 0 Å². The Hall–Kier alpha value is -2.63. The number of sulfonamides is 1. The van der Waals surface area contributed by atoms with E-state index in [1.807, 2.05) is 0 Å². The molecule has 162 valence electrons. The van der Waals surface area contributed by atoms with Gasteiger partial charge in [0.25, 0.3) is 15.9 Å². The lowest BCUT2D eigenvalue weighted by atomic mass is 10.1. The second-order valence-corrected chi connectivity index (χ2v) is 9.70.